The number of hydrogen-bond acceptors (Lipinski definition) is 5. The van der Waals surface area contributed by atoms with E-state index in [1.54, 1.807) is 6.08 Å². The number of hydrogen-bond donors (Lipinski definition) is 1. The van der Waals surface area contributed by atoms with Crippen LogP contribution >= 0.6 is 0 Å². The van der Waals surface area contributed by atoms with E-state index in [-0.39, 0.29) is 16.5 Å². The maximum atomic E-state index is 11.2. The SMILES string of the molecule is COc1ccc(N([O-])O)c(/C(C#N)=C/c2ccccc2)c1. The van der Waals surface area contributed by atoms with Crippen molar-refractivity contribution < 1.29 is 9.94 Å². The van der Waals surface area contributed by atoms with E-state index in [9.17, 15) is 15.7 Å². The quantitative estimate of drug-likeness (QED) is 0.527. The number of methoxy groups -OCH3 is 1. The standard InChI is InChI=1S/C16H13N2O3/c1-21-14-7-8-16(18(19)20)15(10-14)13(11-17)9-12-5-3-2-4-6-12/h2-10,19H,1H3/q-1/b13-9+. The van der Waals surface area contributed by atoms with Crippen LogP contribution in [0, 0.1) is 16.5 Å². The number of benzene rings is 2. The first-order chi connectivity index (χ1) is 10.2. The summed E-state index contributed by atoms with van der Waals surface area (Å²) in [6, 6.07) is 15.8. The van der Waals surface area contributed by atoms with Gasteiger partial charge in [-0.2, -0.15) is 5.26 Å². The minimum atomic E-state index is -0.259. The van der Waals surface area contributed by atoms with Gasteiger partial charge in [-0.3, -0.25) is 5.21 Å². The second kappa shape index (κ2) is 6.57. The highest BCUT2D eigenvalue weighted by atomic mass is 16.8. The van der Waals surface area contributed by atoms with E-state index < -0.39 is 0 Å². The summed E-state index contributed by atoms with van der Waals surface area (Å²) >= 11 is 0. The summed E-state index contributed by atoms with van der Waals surface area (Å²) in [5, 5.41) is 29.5. The summed E-state index contributed by atoms with van der Waals surface area (Å²) in [5.41, 5.74) is 1.36. The Morgan fingerprint density at radius 1 is 1.29 bits per heavy atom. The van der Waals surface area contributed by atoms with E-state index in [0.29, 0.717) is 11.3 Å². The number of ether oxygens (including phenoxy) is 1. The molecule has 5 heteroatoms. The van der Waals surface area contributed by atoms with Crippen LogP contribution in [-0.4, -0.2) is 12.3 Å². The second-order valence-electron chi connectivity index (χ2n) is 4.24. The fraction of sp³-hybridized carbons (Fsp3) is 0.0625. The van der Waals surface area contributed by atoms with Crippen LogP contribution in [0.2, 0.25) is 0 Å². The Morgan fingerprint density at radius 3 is 2.57 bits per heavy atom. The van der Waals surface area contributed by atoms with Crippen molar-refractivity contribution in [1.82, 2.24) is 0 Å². The highest BCUT2D eigenvalue weighted by Gasteiger charge is 2.10. The van der Waals surface area contributed by atoms with Crippen LogP contribution in [0.15, 0.2) is 48.5 Å². The highest BCUT2D eigenvalue weighted by molar-refractivity contribution is 5.94. The molecule has 106 valence electrons. The lowest BCUT2D eigenvalue weighted by Crippen LogP contribution is -2.09. The predicted molar refractivity (Wildman–Crippen MR) is 80.6 cm³/mol. The summed E-state index contributed by atoms with van der Waals surface area (Å²) in [5.74, 6) is 0.491. The van der Waals surface area contributed by atoms with E-state index >= 15 is 0 Å². The van der Waals surface area contributed by atoms with Crippen LogP contribution < -0.4 is 9.96 Å². The molecule has 0 aliphatic rings. The zero-order valence-electron chi connectivity index (χ0n) is 11.4. The number of allylic oxidation sites excluding steroid dienone is 1. The maximum Gasteiger partial charge on any atom is 0.119 e. The molecule has 0 radical (unpaired) electrons. The Labute approximate surface area is 122 Å². The first-order valence-corrected chi connectivity index (χ1v) is 6.17. The number of nitrogens with zero attached hydrogens (tertiary/aromatic N) is 2. The van der Waals surface area contributed by atoms with E-state index in [0.717, 1.165) is 5.56 Å². The van der Waals surface area contributed by atoms with Gasteiger partial charge in [0, 0.05) is 5.56 Å². The van der Waals surface area contributed by atoms with Crippen molar-refractivity contribution in [3.63, 3.8) is 0 Å². The zero-order chi connectivity index (χ0) is 15.2. The smallest absolute Gasteiger partial charge is 0.119 e. The molecule has 0 spiro atoms. The molecule has 2 rings (SSSR count). The van der Waals surface area contributed by atoms with Crippen molar-refractivity contribution in [2.24, 2.45) is 0 Å². The van der Waals surface area contributed by atoms with Gasteiger partial charge < -0.3 is 15.2 Å². The second-order valence-corrected chi connectivity index (χ2v) is 4.24. The average molecular weight is 281 g/mol. The summed E-state index contributed by atoms with van der Waals surface area (Å²) in [6.45, 7) is 0. The van der Waals surface area contributed by atoms with E-state index in [4.69, 9.17) is 4.74 Å². The Kier molecular flexibility index (Phi) is 4.57. The number of rotatable bonds is 4. The average Bonchev–Trinajstić information content (AvgIpc) is 2.52. The summed E-state index contributed by atoms with van der Waals surface area (Å²) < 4.78 is 5.10. The van der Waals surface area contributed by atoms with Crippen molar-refractivity contribution in [1.29, 1.82) is 5.26 Å². The van der Waals surface area contributed by atoms with Gasteiger partial charge in [0.05, 0.1) is 24.4 Å². The molecule has 0 heterocycles. The molecule has 0 fully saturated rings. The van der Waals surface area contributed by atoms with Gasteiger partial charge in [0.2, 0.25) is 0 Å². The molecule has 0 aromatic heterocycles. The van der Waals surface area contributed by atoms with Crippen molar-refractivity contribution in [2.45, 2.75) is 0 Å². The number of nitriles is 1. The van der Waals surface area contributed by atoms with Gasteiger partial charge >= 0.3 is 0 Å². The van der Waals surface area contributed by atoms with E-state index in [2.05, 4.69) is 0 Å². The van der Waals surface area contributed by atoms with Crippen molar-refractivity contribution in [3.05, 3.63) is 64.9 Å². The lowest BCUT2D eigenvalue weighted by Gasteiger charge is -2.24. The van der Waals surface area contributed by atoms with E-state index in [1.807, 2.05) is 36.4 Å². The third kappa shape index (κ3) is 3.39. The van der Waals surface area contributed by atoms with Gasteiger partial charge in [-0.1, -0.05) is 30.3 Å². The maximum absolute atomic E-state index is 11.2. The Morgan fingerprint density at radius 2 is 2.00 bits per heavy atom. The summed E-state index contributed by atoms with van der Waals surface area (Å²) in [7, 11) is 1.49. The minimum absolute atomic E-state index is 0.0143. The molecule has 0 bridgehead atoms. The first kappa shape index (κ1) is 14.6. The van der Waals surface area contributed by atoms with E-state index in [1.165, 1.54) is 25.3 Å². The van der Waals surface area contributed by atoms with Crippen LogP contribution in [0.4, 0.5) is 5.69 Å². The fourth-order valence-electron chi connectivity index (χ4n) is 1.91. The molecule has 0 aliphatic heterocycles. The molecule has 2 aromatic carbocycles. The minimum Gasteiger partial charge on any atom is -0.733 e. The molecule has 0 atom stereocenters. The molecule has 21 heavy (non-hydrogen) atoms. The topological polar surface area (TPSA) is 79.6 Å². The van der Waals surface area contributed by atoms with Gasteiger partial charge in [0.1, 0.15) is 5.75 Å². The van der Waals surface area contributed by atoms with Gasteiger partial charge in [0.25, 0.3) is 0 Å². The lowest BCUT2D eigenvalue weighted by atomic mass is 10.0. The molecular formula is C16H13N2O3-. The Bertz CT molecular complexity index is 688. The normalized spacial score (nSPS) is 10.9. The molecule has 0 aliphatic carbocycles. The monoisotopic (exact) mass is 281 g/mol. The Balaban J connectivity index is 2.56. The molecule has 5 nitrogen and oxygen atoms in total. The highest BCUT2D eigenvalue weighted by Crippen LogP contribution is 2.31. The zero-order valence-corrected chi connectivity index (χ0v) is 11.4. The van der Waals surface area contributed by atoms with Crippen LogP contribution in [0.1, 0.15) is 11.1 Å². The van der Waals surface area contributed by atoms with Gasteiger partial charge in [-0.15, -0.1) is 0 Å². The van der Waals surface area contributed by atoms with Crippen LogP contribution in [0.25, 0.3) is 11.6 Å². The molecule has 0 saturated heterocycles. The molecule has 2 aromatic rings. The third-order valence-electron chi connectivity index (χ3n) is 2.93. The van der Waals surface area contributed by atoms with Gasteiger partial charge in [-0.25, -0.2) is 0 Å². The van der Waals surface area contributed by atoms with Gasteiger partial charge in [0.15, 0.2) is 0 Å². The number of anilines is 1. The largest absolute Gasteiger partial charge is 0.733 e. The van der Waals surface area contributed by atoms with Crippen molar-refractivity contribution in [3.8, 4) is 11.8 Å². The molecule has 0 saturated carbocycles. The van der Waals surface area contributed by atoms with Crippen LogP contribution in [0.5, 0.6) is 5.75 Å². The summed E-state index contributed by atoms with van der Waals surface area (Å²) in [4.78, 5) is 0. The van der Waals surface area contributed by atoms with Crippen LogP contribution in [0.3, 0.4) is 0 Å². The molecular weight excluding hydrogens is 268 g/mol. The summed E-state index contributed by atoms with van der Waals surface area (Å²) in [6.07, 6.45) is 1.64. The van der Waals surface area contributed by atoms with Crippen LogP contribution in [-0.2, 0) is 0 Å². The lowest BCUT2D eigenvalue weighted by molar-refractivity contribution is 0.296. The molecule has 1 N–H and O–H groups in total. The molecule has 0 amide bonds. The van der Waals surface area contributed by atoms with Crippen molar-refractivity contribution >= 4 is 17.3 Å². The van der Waals surface area contributed by atoms with Crippen molar-refractivity contribution in [2.75, 3.05) is 12.3 Å². The molecule has 0 unspecified atom stereocenters. The third-order valence-corrected chi connectivity index (χ3v) is 2.93. The predicted octanol–water partition coefficient (Wildman–Crippen LogP) is 3.45. The fourth-order valence-corrected chi connectivity index (χ4v) is 1.91. The van der Waals surface area contributed by atoms with Gasteiger partial charge in [-0.05, 0) is 29.8 Å². The first-order valence-electron chi connectivity index (χ1n) is 6.17. The Hall–Kier alpha value is -2.81.